The number of hydrogen-bond donors (Lipinski definition) is 0. The monoisotopic (exact) mass is 419 g/mol. The van der Waals surface area contributed by atoms with Gasteiger partial charge in [-0.1, -0.05) is 43.1 Å². The van der Waals surface area contributed by atoms with Crippen LogP contribution in [0.2, 0.25) is 0 Å². The van der Waals surface area contributed by atoms with Gasteiger partial charge in [0.15, 0.2) is 10.6 Å². The van der Waals surface area contributed by atoms with E-state index in [1.807, 2.05) is 13.8 Å². The summed E-state index contributed by atoms with van der Waals surface area (Å²) in [6.07, 6.45) is 0.884. The fourth-order valence-electron chi connectivity index (χ4n) is 2.30. The Morgan fingerprint density at radius 3 is 2.48 bits per heavy atom. The second-order valence-corrected chi connectivity index (χ2v) is 9.04. The second kappa shape index (κ2) is 7.04. The predicted octanol–water partition coefficient (Wildman–Crippen LogP) is 5.76. The first-order valence-electron chi connectivity index (χ1n) is 6.85. The van der Waals surface area contributed by atoms with Crippen molar-refractivity contribution in [3.8, 4) is 5.75 Å². The van der Waals surface area contributed by atoms with E-state index in [4.69, 9.17) is 51.1 Å². The molecule has 0 saturated carbocycles. The summed E-state index contributed by atoms with van der Waals surface area (Å²) in [4.78, 5) is 11.7. The quantitative estimate of drug-likeness (QED) is 0.447. The average molecular weight is 421 g/mol. The Bertz CT molecular complexity index is 610. The molecule has 0 saturated heterocycles. The first-order chi connectivity index (χ1) is 10.7. The minimum atomic E-state index is -1.69. The van der Waals surface area contributed by atoms with Gasteiger partial charge in [-0.25, -0.2) is 8.70 Å². The molecule has 0 unspecified atom stereocenters. The standard InChI is InChI=1S/C14H14Cl4FNO2S/c1-3-13(4-2)20(23-14(17,18)12(15)16)11(21)10-8(19)6-5-7-9(10)22-13/h5-7,12H,3-4H2,1-2H3. The van der Waals surface area contributed by atoms with Crippen LogP contribution in [0.3, 0.4) is 0 Å². The molecule has 0 N–H and O–H groups in total. The maximum absolute atomic E-state index is 14.1. The zero-order valence-electron chi connectivity index (χ0n) is 12.3. The molecular formula is C14H14Cl4FNO2S. The fourth-order valence-corrected chi connectivity index (χ4v) is 3.91. The molecule has 0 bridgehead atoms. The van der Waals surface area contributed by atoms with Crippen molar-refractivity contribution in [1.29, 1.82) is 0 Å². The molecule has 0 aliphatic carbocycles. The largest absolute Gasteiger partial charge is 0.466 e. The number of benzene rings is 1. The van der Waals surface area contributed by atoms with E-state index >= 15 is 0 Å². The molecule has 1 aromatic rings. The van der Waals surface area contributed by atoms with Crippen molar-refractivity contribution in [1.82, 2.24) is 4.31 Å². The molecule has 0 radical (unpaired) electrons. The van der Waals surface area contributed by atoms with Crippen LogP contribution >= 0.6 is 58.4 Å². The van der Waals surface area contributed by atoms with Crippen LogP contribution in [0.1, 0.15) is 37.0 Å². The zero-order valence-corrected chi connectivity index (χ0v) is 16.1. The maximum atomic E-state index is 14.1. The van der Waals surface area contributed by atoms with Crippen LogP contribution in [-0.2, 0) is 0 Å². The number of rotatable bonds is 5. The molecule has 9 heteroatoms. The Labute approximate surface area is 158 Å². The lowest BCUT2D eigenvalue weighted by Gasteiger charge is -2.46. The summed E-state index contributed by atoms with van der Waals surface area (Å²) in [7, 11) is 0. The smallest absolute Gasteiger partial charge is 0.273 e. The molecule has 0 fully saturated rings. The molecule has 1 aromatic carbocycles. The van der Waals surface area contributed by atoms with E-state index in [1.54, 1.807) is 6.07 Å². The molecule has 0 atom stereocenters. The number of alkyl halides is 4. The molecule has 0 aromatic heterocycles. The Kier molecular flexibility index (Phi) is 5.90. The van der Waals surface area contributed by atoms with E-state index in [1.165, 1.54) is 16.4 Å². The summed E-state index contributed by atoms with van der Waals surface area (Å²) in [5.41, 5.74) is -1.19. The molecule has 128 valence electrons. The van der Waals surface area contributed by atoms with Crippen molar-refractivity contribution in [2.45, 2.75) is 40.9 Å². The van der Waals surface area contributed by atoms with Gasteiger partial charge in [-0.15, -0.1) is 23.2 Å². The third-order valence-electron chi connectivity index (χ3n) is 3.62. The van der Waals surface area contributed by atoms with Crippen LogP contribution < -0.4 is 4.74 Å². The first kappa shape index (κ1) is 19.3. The van der Waals surface area contributed by atoms with Gasteiger partial charge >= 0.3 is 0 Å². The minimum Gasteiger partial charge on any atom is -0.466 e. The van der Waals surface area contributed by atoms with Crippen LogP contribution in [0.5, 0.6) is 5.75 Å². The highest BCUT2D eigenvalue weighted by Crippen LogP contribution is 2.50. The van der Waals surface area contributed by atoms with Crippen molar-refractivity contribution in [3.05, 3.63) is 29.6 Å². The van der Waals surface area contributed by atoms with Gasteiger partial charge in [0.05, 0.1) is 0 Å². The van der Waals surface area contributed by atoms with Crippen LogP contribution in [0.4, 0.5) is 4.39 Å². The minimum absolute atomic E-state index is 0.164. The van der Waals surface area contributed by atoms with Crippen LogP contribution in [-0.4, -0.2) is 24.4 Å². The average Bonchev–Trinajstić information content (AvgIpc) is 2.49. The second-order valence-electron chi connectivity index (χ2n) is 4.92. The van der Waals surface area contributed by atoms with E-state index in [0.717, 1.165) is 11.9 Å². The summed E-state index contributed by atoms with van der Waals surface area (Å²) in [6, 6.07) is 4.23. The fraction of sp³-hybridized carbons (Fsp3) is 0.500. The number of carbonyl (C=O) groups is 1. The van der Waals surface area contributed by atoms with Crippen LogP contribution in [0.25, 0.3) is 0 Å². The highest BCUT2D eigenvalue weighted by Gasteiger charge is 2.50. The van der Waals surface area contributed by atoms with Crippen molar-refractivity contribution >= 4 is 64.3 Å². The Hall–Kier alpha value is -0.0700. The molecule has 1 heterocycles. The van der Waals surface area contributed by atoms with Crippen molar-refractivity contribution in [2.24, 2.45) is 0 Å². The van der Waals surface area contributed by atoms with Gasteiger partial charge in [0, 0.05) is 12.8 Å². The number of ether oxygens (including phenoxy) is 1. The lowest BCUT2D eigenvalue weighted by molar-refractivity contribution is -0.0374. The van der Waals surface area contributed by atoms with Gasteiger partial charge in [0.2, 0.25) is 3.67 Å². The molecule has 1 amide bonds. The molecule has 2 rings (SSSR count). The normalized spacial score (nSPS) is 17.2. The number of halogens is 5. The van der Waals surface area contributed by atoms with E-state index in [-0.39, 0.29) is 11.3 Å². The third-order valence-corrected chi connectivity index (χ3v) is 6.99. The van der Waals surface area contributed by atoms with Gasteiger partial charge in [0.25, 0.3) is 5.91 Å². The van der Waals surface area contributed by atoms with Crippen molar-refractivity contribution in [2.75, 3.05) is 0 Å². The SMILES string of the molecule is CCC1(CC)Oc2cccc(F)c2C(=O)N1SC(Cl)(Cl)C(Cl)Cl. The molecule has 1 aliphatic rings. The maximum Gasteiger partial charge on any atom is 0.273 e. The van der Waals surface area contributed by atoms with E-state index in [2.05, 4.69) is 0 Å². The number of amides is 1. The first-order valence-corrected chi connectivity index (χ1v) is 9.26. The van der Waals surface area contributed by atoms with Gasteiger partial charge in [-0.3, -0.25) is 4.79 Å². The topological polar surface area (TPSA) is 29.5 Å². The van der Waals surface area contributed by atoms with Gasteiger partial charge < -0.3 is 4.74 Å². The third kappa shape index (κ3) is 3.49. The summed E-state index contributed by atoms with van der Waals surface area (Å²) in [5, 5.41) is 0. The number of hydrogen-bond acceptors (Lipinski definition) is 3. The molecule has 23 heavy (non-hydrogen) atoms. The molecular weight excluding hydrogens is 407 g/mol. The lowest BCUT2D eigenvalue weighted by Crippen LogP contribution is -2.56. The Morgan fingerprint density at radius 1 is 1.35 bits per heavy atom. The Morgan fingerprint density at radius 2 is 1.96 bits per heavy atom. The zero-order chi connectivity index (χ0) is 17.4. The van der Waals surface area contributed by atoms with Crippen LogP contribution in [0, 0.1) is 5.82 Å². The molecule has 3 nitrogen and oxygen atoms in total. The number of nitrogens with zero attached hydrogens (tertiary/aromatic N) is 1. The summed E-state index contributed by atoms with van der Waals surface area (Å²) < 4.78 is 19.6. The summed E-state index contributed by atoms with van der Waals surface area (Å²) in [6.45, 7) is 3.69. The van der Waals surface area contributed by atoms with Crippen molar-refractivity contribution < 1.29 is 13.9 Å². The summed E-state index contributed by atoms with van der Waals surface area (Å²) >= 11 is 24.5. The molecule has 0 spiro atoms. The van der Waals surface area contributed by atoms with E-state index in [9.17, 15) is 9.18 Å². The highest BCUT2D eigenvalue weighted by molar-refractivity contribution is 8.01. The van der Waals surface area contributed by atoms with E-state index in [0.29, 0.717) is 12.8 Å². The summed E-state index contributed by atoms with van der Waals surface area (Å²) in [5.74, 6) is -1.07. The van der Waals surface area contributed by atoms with Gasteiger partial charge in [0.1, 0.15) is 17.1 Å². The Balaban J connectivity index is 2.53. The number of fused-ring (bicyclic) bond motifs is 1. The van der Waals surface area contributed by atoms with E-state index < -0.39 is 26.0 Å². The highest BCUT2D eigenvalue weighted by atomic mass is 35.5. The predicted molar refractivity (Wildman–Crippen MR) is 94.0 cm³/mol. The van der Waals surface area contributed by atoms with Crippen molar-refractivity contribution in [3.63, 3.8) is 0 Å². The molecule has 1 aliphatic heterocycles. The van der Waals surface area contributed by atoms with Crippen LogP contribution in [0.15, 0.2) is 18.2 Å². The van der Waals surface area contributed by atoms with Gasteiger partial charge in [-0.2, -0.15) is 0 Å². The van der Waals surface area contributed by atoms with Gasteiger partial charge in [-0.05, 0) is 24.1 Å². The lowest BCUT2D eigenvalue weighted by atomic mass is 10.0. The number of carbonyl (C=O) groups excluding carboxylic acids is 1.